The van der Waals surface area contributed by atoms with Gasteiger partial charge in [0.15, 0.2) is 0 Å². The molecule has 2 aliphatic heterocycles. The summed E-state index contributed by atoms with van der Waals surface area (Å²) < 4.78 is 0. The molecule has 130 valence electrons. The van der Waals surface area contributed by atoms with Gasteiger partial charge in [0, 0.05) is 30.7 Å². The maximum absolute atomic E-state index is 12.5. The molecule has 1 spiro atoms. The van der Waals surface area contributed by atoms with Gasteiger partial charge in [0.25, 0.3) is 0 Å². The molecule has 5 heteroatoms. The van der Waals surface area contributed by atoms with Gasteiger partial charge in [-0.3, -0.25) is 9.59 Å². The third kappa shape index (κ3) is 3.96. The Bertz CT molecular complexity index is 615. The van der Waals surface area contributed by atoms with Crippen molar-refractivity contribution in [3.8, 4) is 0 Å². The summed E-state index contributed by atoms with van der Waals surface area (Å²) in [6, 6.07) is 5.91. The zero-order valence-electron chi connectivity index (χ0n) is 14.7. The molecular weight excluding hydrogens is 302 g/mol. The molecule has 0 aliphatic carbocycles. The third-order valence-corrected chi connectivity index (χ3v) is 5.17. The number of hydrogen-bond donors (Lipinski definition) is 2. The van der Waals surface area contributed by atoms with Gasteiger partial charge in [0.05, 0.1) is 0 Å². The Morgan fingerprint density at radius 1 is 1.21 bits per heavy atom. The molecule has 0 aromatic heterocycles. The first kappa shape index (κ1) is 17.0. The van der Waals surface area contributed by atoms with Crippen molar-refractivity contribution in [1.29, 1.82) is 0 Å². The van der Waals surface area contributed by atoms with Crippen molar-refractivity contribution in [2.45, 2.75) is 39.5 Å². The lowest BCUT2D eigenvalue weighted by Crippen LogP contribution is -2.43. The van der Waals surface area contributed by atoms with Crippen molar-refractivity contribution < 1.29 is 9.59 Å². The van der Waals surface area contributed by atoms with E-state index in [1.54, 1.807) is 0 Å². The minimum Gasteiger partial charge on any atom is -0.342 e. The molecule has 1 aromatic rings. The van der Waals surface area contributed by atoms with Crippen LogP contribution in [0.4, 0.5) is 5.69 Å². The molecule has 2 aliphatic rings. The molecule has 1 aromatic carbocycles. The smallest absolute Gasteiger partial charge is 0.233 e. The summed E-state index contributed by atoms with van der Waals surface area (Å²) >= 11 is 0. The second kappa shape index (κ2) is 6.93. The fourth-order valence-corrected chi connectivity index (χ4v) is 4.03. The highest BCUT2D eigenvalue weighted by Crippen LogP contribution is 2.36. The molecule has 3 rings (SSSR count). The summed E-state index contributed by atoms with van der Waals surface area (Å²) in [6.45, 7) is 7.62. The first-order chi connectivity index (χ1) is 11.5. The van der Waals surface area contributed by atoms with E-state index >= 15 is 0 Å². The minimum atomic E-state index is -0.229. The van der Waals surface area contributed by atoms with Crippen LogP contribution in [-0.2, 0) is 9.59 Å². The number of carbonyl (C=O) groups excluding carboxylic acids is 2. The van der Waals surface area contributed by atoms with Gasteiger partial charge in [0.1, 0.15) is 6.42 Å². The first-order valence-electron chi connectivity index (χ1n) is 8.82. The van der Waals surface area contributed by atoms with Gasteiger partial charge < -0.3 is 15.5 Å². The van der Waals surface area contributed by atoms with Gasteiger partial charge in [-0.1, -0.05) is 6.07 Å². The fraction of sp³-hybridized carbons (Fsp3) is 0.579. The van der Waals surface area contributed by atoms with Crippen LogP contribution in [-0.4, -0.2) is 42.9 Å². The molecule has 2 fully saturated rings. The SMILES string of the molecule is Cc1cc(C)cc(NC(=O)CC(=O)N2CCC3(CCCNC3)C2)c1. The minimum absolute atomic E-state index is 0.0562. The zero-order valence-corrected chi connectivity index (χ0v) is 14.7. The molecule has 24 heavy (non-hydrogen) atoms. The van der Waals surface area contributed by atoms with E-state index in [9.17, 15) is 9.59 Å². The fourth-order valence-electron chi connectivity index (χ4n) is 4.03. The molecule has 2 heterocycles. The zero-order chi connectivity index (χ0) is 17.2. The molecule has 0 saturated carbocycles. The number of benzene rings is 1. The normalized spacial score (nSPS) is 23.5. The number of piperidine rings is 1. The van der Waals surface area contributed by atoms with Crippen LogP contribution in [0.25, 0.3) is 0 Å². The summed E-state index contributed by atoms with van der Waals surface area (Å²) in [5.74, 6) is -0.285. The van der Waals surface area contributed by atoms with Gasteiger partial charge in [-0.25, -0.2) is 0 Å². The van der Waals surface area contributed by atoms with Crippen molar-refractivity contribution >= 4 is 17.5 Å². The van der Waals surface area contributed by atoms with Crippen molar-refractivity contribution in [3.63, 3.8) is 0 Å². The van der Waals surface area contributed by atoms with Crippen molar-refractivity contribution in [1.82, 2.24) is 10.2 Å². The average molecular weight is 329 g/mol. The molecule has 2 saturated heterocycles. The van der Waals surface area contributed by atoms with Gasteiger partial charge in [0.2, 0.25) is 11.8 Å². The largest absolute Gasteiger partial charge is 0.342 e. The molecule has 1 atom stereocenters. The number of likely N-dealkylation sites (tertiary alicyclic amines) is 1. The van der Waals surface area contributed by atoms with Crippen LogP contribution in [0.3, 0.4) is 0 Å². The summed E-state index contributed by atoms with van der Waals surface area (Å²) in [5, 5.41) is 6.29. The summed E-state index contributed by atoms with van der Waals surface area (Å²) in [6.07, 6.45) is 3.33. The number of anilines is 1. The highest BCUT2D eigenvalue weighted by molar-refractivity contribution is 6.03. The predicted molar refractivity (Wildman–Crippen MR) is 94.9 cm³/mol. The number of rotatable bonds is 3. The van der Waals surface area contributed by atoms with Crippen LogP contribution in [0.5, 0.6) is 0 Å². The Labute approximate surface area is 143 Å². The predicted octanol–water partition coefficient (Wildman–Crippen LogP) is 2.23. The molecule has 2 N–H and O–H groups in total. The van der Waals surface area contributed by atoms with E-state index in [1.807, 2.05) is 30.9 Å². The van der Waals surface area contributed by atoms with Crippen LogP contribution in [0, 0.1) is 19.3 Å². The number of nitrogens with zero attached hydrogens (tertiary/aromatic N) is 1. The van der Waals surface area contributed by atoms with Crippen LogP contribution in [0.15, 0.2) is 18.2 Å². The Morgan fingerprint density at radius 2 is 1.96 bits per heavy atom. The monoisotopic (exact) mass is 329 g/mol. The van der Waals surface area contributed by atoms with Crippen molar-refractivity contribution in [2.24, 2.45) is 5.41 Å². The second-order valence-corrected chi connectivity index (χ2v) is 7.45. The van der Waals surface area contributed by atoms with E-state index in [2.05, 4.69) is 16.7 Å². The number of carbonyl (C=O) groups is 2. The number of amides is 2. The molecule has 5 nitrogen and oxygen atoms in total. The van der Waals surface area contributed by atoms with Gasteiger partial charge >= 0.3 is 0 Å². The molecule has 0 radical (unpaired) electrons. The standard InChI is InChI=1S/C19H27N3O2/c1-14-8-15(2)10-16(9-14)21-17(23)11-18(24)22-7-5-19(13-22)4-3-6-20-12-19/h8-10,20H,3-7,11-13H2,1-2H3,(H,21,23). The van der Waals surface area contributed by atoms with E-state index < -0.39 is 0 Å². The van der Waals surface area contributed by atoms with Gasteiger partial charge in [-0.2, -0.15) is 0 Å². The van der Waals surface area contributed by atoms with E-state index in [-0.39, 0.29) is 23.7 Å². The summed E-state index contributed by atoms with van der Waals surface area (Å²) in [5.41, 5.74) is 3.20. The van der Waals surface area contributed by atoms with Gasteiger partial charge in [-0.05, 0) is 62.9 Å². The average Bonchev–Trinajstić information content (AvgIpc) is 2.90. The summed E-state index contributed by atoms with van der Waals surface area (Å²) in [7, 11) is 0. The van der Waals surface area contributed by atoms with E-state index in [0.29, 0.717) is 0 Å². The Hall–Kier alpha value is -1.88. The van der Waals surface area contributed by atoms with E-state index in [4.69, 9.17) is 0 Å². The molecule has 0 bridgehead atoms. The van der Waals surface area contributed by atoms with Gasteiger partial charge in [-0.15, -0.1) is 0 Å². The Balaban J connectivity index is 1.54. The number of nitrogens with one attached hydrogen (secondary N) is 2. The van der Waals surface area contributed by atoms with E-state index in [1.165, 1.54) is 12.8 Å². The van der Waals surface area contributed by atoms with Crippen LogP contribution in [0.2, 0.25) is 0 Å². The van der Waals surface area contributed by atoms with E-state index in [0.717, 1.165) is 49.4 Å². The molecule has 2 amide bonds. The number of hydrogen-bond acceptors (Lipinski definition) is 3. The summed E-state index contributed by atoms with van der Waals surface area (Å²) in [4.78, 5) is 26.5. The quantitative estimate of drug-likeness (QED) is 0.836. The highest BCUT2D eigenvalue weighted by Gasteiger charge is 2.40. The van der Waals surface area contributed by atoms with Crippen LogP contribution >= 0.6 is 0 Å². The second-order valence-electron chi connectivity index (χ2n) is 7.45. The topological polar surface area (TPSA) is 61.4 Å². The van der Waals surface area contributed by atoms with Crippen molar-refractivity contribution in [3.05, 3.63) is 29.3 Å². The maximum Gasteiger partial charge on any atom is 0.233 e. The first-order valence-corrected chi connectivity index (χ1v) is 8.82. The lowest BCUT2D eigenvalue weighted by molar-refractivity contribution is -0.134. The van der Waals surface area contributed by atoms with Crippen LogP contribution in [0.1, 0.15) is 36.8 Å². The lowest BCUT2D eigenvalue weighted by Gasteiger charge is -2.33. The maximum atomic E-state index is 12.5. The Morgan fingerprint density at radius 3 is 2.62 bits per heavy atom. The molecule has 1 unspecified atom stereocenters. The number of aryl methyl sites for hydroxylation is 2. The van der Waals surface area contributed by atoms with Crippen LogP contribution < -0.4 is 10.6 Å². The Kier molecular flexibility index (Phi) is 4.90. The third-order valence-electron chi connectivity index (χ3n) is 5.17. The van der Waals surface area contributed by atoms with Crippen molar-refractivity contribution in [2.75, 3.05) is 31.5 Å². The highest BCUT2D eigenvalue weighted by atomic mass is 16.2. The lowest BCUT2D eigenvalue weighted by atomic mass is 9.80. The molecular formula is C19H27N3O2.